The summed E-state index contributed by atoms with van der Waals surface area (Å²) in [4.78, 5) is 26.8. The van der Waals surface area contributed by atoms with Gasteiger partial charge >= 0.3 is 5.97 Å². The van der Waals surface area contributed by atoms with Gasteiger partial charge in [0.25, 0.3) is 5.91 Å². The van der Waals surface area contributed by atoms with Gasteiger partial charge in [-0.3, -0.25) is 4.79 Å². The Kier molecular flexibility index (Phi) is 5.05. The van der Waals surface area contributed by atoms with Crippen LogP contribution in [-0.4, -0.2) is 41.7 Å². The van der Waals surface area contributed by atoms with Crippen LogP contribution in [0, 0.1) is 0 Å². The second-order valence-corrected chi connectivity index (χ2v) is 3.82. The first-order valence-electron chi connectivity index (χ1n) is 4.70. The van der Waals surface area contributed by atoms with E-state index in [0.717, 1.165) is 0 Å². The van der Waals surface area contributed by atoms with E-state index in [4.69, 9.17) is 5.11 Å². The van der Waals surface area contributed by atoms with Crippen LogP contribution < -0.4 is 5.32 Å². The minimum Gasteiger partial charge on any atom is -0.467 e. The predicted octanol–water partition coefficient (Wildman–Crippen LogP) is 0.108. The highest BCUT2D eigenvalue weighted by atomic mass is 79.9. The van der Waals surface area contributed by atoms with Crippen LogP contribution in [0.3, 0.4) is 0 Å². The first-order valence-corrected chi connectivity index (χ1v) is 5.49. The van der Waals surface area contributed by atoms with E-state index < -0.39 is 24.5 Å². The molecular weight excluding hydrogens is 292 g/mol. The molecule has 0 bridgehead atoms. The van der Waals surface area contributed by atoms with Gasteiger partial charge in [0.2, 0.25) is 0 Å². The number of rotatable bonds is 4. The lowest BCUT2D eigenvalue weighted by Crippen LogP contribution is -2.44. The first kappa shape index (κ1) is 13.6. The van der Waals surface area contributed by atoms with Crippen LogP contribution in [0.1, 0.15) is 10.4 Å². The number of nitrogens with one attached hydrogen (secondary N) is 1. The summed E-state index contributed by atoms with van der Waals surface area (Å²) in [7, 11) is 1.18. The smallest absolute Gasteiger partial charge is 0.330 e. The van der Waals surface area contributed by atoms with Crippen molar-refractivity contribution in [2.24, 2.45) is 0 Å². The zero-order chi connectivity index (χ0) is 12.8. The lowest BCUT2D eigenvalue weighted by atomic mass is 10.2. The Morgan fingerprint density at radius 2 is 2.35 bits per heavy atom. The fourth-order valence-electron chi connectivity index (χ4n) is 1.11. The third kappa shape index (κ3) is 3.50. The number of nitrogens with zero attached hydrogens (tertiary/aromatic N) is 1. The molecule has 0 fully saturated rings. The Labute approximate surface area is 106 Å². The van der Waals surface area contributed by atoms with Crippen molar-refractivity contribution in [1.29, 1.82) is 0 Å². The monoisotopic (exact) mass is 302 g/mol. The maximum absolute atomic E-state index is 11.8. The van der Waals surface area contributed by atoms with Gasteiger partial charge in [-0.05, 0) is 28.1 Å². The standard InChI is InChI=1S/C10H11BrN2O4/c1-17-10(16)7(5-14)13-9(15)6-3-2-4-12-8(6)11/h2-4,7,14H,5H2,1H3,(H,13,15). The van der Waals surface area contributed by atoms with Crippen LogP contribution in [0.5, 0.6) is 0 Å². The molecule has 6 nitrogen and oxygen atoms in total. The first-order chi connectivity index (χ1) is 8.10. The number of ether oxygens (including phenoxy) is 1. The normalized spacial score (nSPS) is 11.7. The van der Waals surface area contributed by atoms with Crippen LogP contribution >= 0.6 is 15.9 Å². The number of esters is 1. The highest BCUT2D eigenvalue weighted by molar-refractivity contribution is 9.10. The number of pyridine rings is 1. The minimum atomic E-state index is -1.08. The zero-order valence-electron chi connectivity index (χ0n) is 9.01. The minimum absolute atomic E-state index is 0.273. The van der Waals surface area contributed by atoms with Gasteiger partial charge in [0.05, 0.1) is 19.3 Å². The predicted molar refractivity (Wildman–Crippen MR) is 62.3 cm³/mol. The Hall–Kier alpha value is -1.47. The highest BCUT2D eigenvalue weighted by Crippen LogP contribution is 2.12. The van der Waals surface area contributed by atoms with Crippen molar-refractivity contribution in [2.45, 2.75) is 6.04 Å². The van der Waals surface area contributed by atoms with E-state index in [1.54, 1.807) is 6.07 Å². The molecule has 1 aromatic heterocycles. The zero-order valence-corrected chi connectivity index (χ0v) is 10.6. The van der Waals surface area contributed by atoms with Gasteiger partial charge in [0.15, 0.2) is 6.04 Å². The molecule has 0 aliphatic heterocycles. The second kappa shape index (κ2) is 6.31. The molecule has 1 rings (SSSR count). The van der Waals surface area contributed by atoms with E-state index in [-0.39, 0.29) is 5.56 Å². The number of halogens is 1. The fourth-order valence-corrected chi connectivity index (χ4v) is 1.54. The van der Waals surface area contributed by atoms with Crippen molar-refractivity contribution >= 4 is 27.8 Å². The summed E-state index contributed by atoms with van der Waals surface area (Å²) >= 11 is 3.11. The summed E-state index contributed by atoms with van der Waals surface area (Å²) < 4.78 is 4.79. The van der Waals surface area contributed by atoms with E-state index in [2.05, 4.69) is 31.0 Å². The molecule has 1 aromatic rings. The van der Waals surface area contributed by atoms with Crippen LogP contribution in [0.2, 0.25) is 0 Å². The summed E-state index contributed by atoms with van der Waals surface area (Å²) in [6.07, 6.45) is 1.52. The summed E-state index contributed by atoms with van der Waals surface area (Å²) in [5, 5.41) is 11.3. The number of carbonyl (C=O) groups excluding carboxylic acids is 2. The average molecular weight is 303 g/mol. The van der Waals surface area contributed by atoms with Crippen molar-refractivity contribution in [3.05, 3.63) is 28.5 Å². The molecule has 92 valence electrons. The summed E-state index contributed by atoms with van der Waals surface area (Å²) in [6.45, 7) is -0.531. The van der Waals surface area contributed by atoms with E-state index in [1.165, 1.54) is 19.4 Å². The molecule has 1 heterocycles. The van der Waals surface area contributed by atoms with Crippen molar-refractivity contribution in [2.75, 3.05) is 13.7 Å². The molecule has 0 saturated carbocycles. The van der Waals surface area contributed by atoms with Gasteiger partial charge in [-0.15, -0.1) is 0 Å². The number of carbonyl (C=O) groups is 2. The molecule has 0 aromatic carbocycles. The Morgan fingerprint density at radius 3 is 2.88 bits per heavy atom. The third-order valence-corrected chi connectivity index (χ3v) is 2.61. The number of methoxy groups -OCH3 is 1. The van der Waals surface area contributed by atoms with Crippen LogP contribution in [0.4, 0.5) is 0 Å². The van der Waals surface area contributed by atoms with Gasteiger partial charge in [0, 0.05) is 6.20 Å². The fraction of sp³-hybridized carbons (Fsp3) is 0.300. The molecular formula is C10H11BrN2O4. The number of aromatic nitrogens is 1. The van der Waals surface area contributed by atoms with E-state index in [9.17, 15) is 9.59 Å². The van der Waals surface area contributed by atoms with Crippen molar-refractivity contribution in [1.82, 2.24) is 10.3 Å². The van der Waals surface area contributed by atoms with Gasteiger partial charge in [-0.25, -0.2) is 9.78 Å². The Balaban J connectivity index is 2.78. The highest BCUT2D eigenvalue weighted by Gasteiger charge is 2.22. The number of aliphatic hydroxyl groups is 1. The van der Waals surface area contributed by atoms with E-state index in [0.29, 0.717) is 4.60 Å². The SMILES string of the molecule is COC(=O)C(CO)NC(=O)c1cccnc1Br. The number of aliphatic hydroxyl groups excluding tert-OH is 1. The van der Waals surface area contributed by atoms with E-state index in [1.807, 2.05) is 0 Å². The van der Waals surface area contributed by atoms with Crippen molar-refractivity contribution in [3.8, 4) is 0 Å². The van der Waals surface area contributed by atoms with Gasteiger partial charge in [-0.2, -0.15) is 0 Å². The molecule has 1 atom stereocenters. The summed E-state index contributed by atoms with van der Waals surface area (Å²) in [6, 6.07) is 2.05. The molecule has 1 unspecified atom stereocenters. The lowest BCUT2D eigenvalue weighted by molar-refractivity contribution is -0.143. The van der Waals surface area contributed by atoms with Crippen LogP contribution in [-0.2, 0) is 9.53 Å². The maximum Gasteiger partial charge on any atom is 0.330 e. The number of hydrogen-bond donors (Lipinski definition) is 2. The van der Waals surface area contributed by atoms with E-state index >= 15 is 0 Å². The average Bonchev–Trinajstić information content (AvgIpc) is 2.35. The van der Waals surface area contributed by atoms with Crippen molar-refractivity contribution in [3.63, 3.8) is 0 Å². The quantitative estimate of drug-likeness (QED) is 0.609. The number of hydrogen-bond acceptors (Lipinski definition) is 5. The largest absolute Gasteiger partial charge is 0.467 e. The van der Waals surface area contributed by atoms with Gasteiger partial charge in [0.1, 0.15) is 4.60 Å². The summed E-state index contributed by atoms with van der Waals surface area (Å²) in [5.41, 5.74) is 0.273. The molecule has 0 spiro atoms. The Bertz CT molecular complexity index is 425. The topological polar surface area (TPSA) is 88.5 Å². The molecule has 0 saturated heterocycles. The van der Waals surface area contributed by atoms with Crippen LogP contribution in [0.15, 0.2) is 22.9 Å². The second-order valence-electron chi connectivity index (χ2n) is 3.07. The molecule has 0 aliphatic rings. The molecule has 0 aliphatic carbocycles. The molecule has 2 N–H and O–H groups in total. The lowest BCUT2D eigenvalue weighted by Gasteiger charge is -2.13. The molecule has 7 heteroatoms. The molecule has 0 radical (unpaired) electrons. The third-order valence-electron chi connectivity index (χ3n) is 1.98. The van der Waals surface area contributed by atoms with Gasteiger partial charge in [-0.1, -0.05) is 0 Å². The summed E-state index contributed by atoms with van der Waals surface area (Å²) in [5.74, 6) is -1.23. The number of amides is 1. The molecule has 1 amide bonds. The van der Waals surface area contributed by atoms with Gasteiger partial charge < -0.3 is 15.2 Å². The molecule has 17 heavy (non-hydrogen) atoms. The van der Waals surface area contributed by atoms with Crippen LogP contribution in [0.25, 0.3) is 0 Å². The maximum atomic E-state index is 11.8. The van der Waals surface area contributed by atoms with Crippen molar-refractivity contribution < 1.29 is 19.4 Å². The Morgan fingerprint density at radius 1 is 1.65 bits per heavy atom.